The van der Waals surface area contributed by atoms with Gasteiger partial charge in [-0.15, -0.1) is 11.3 Å². The molecule has 0 aliphatic rings. The van der Waals surface area contributed by atoms with Crippen molar-refractivity contribution in [3.05, 3.63) is 32.9 Å². The van der Waals surface area contributed by atoms with Crippen LogP contribution >= 0.6 is 27.3 Å². The molecule has 0 radical (unpaired) electrons. The van der Waals surface area contributed by atoms with Gasteiger partial charge < -0.3 is 5.32 Å². The van der Waals surface area contributed by atoms with Gasteiger partial charge in [0.1, 0.15) is 0 Å². The summed E-state index contributed by atoms with van der Waals surface area (Å²) in [4.78, 5) is 1.39. The molecule has 0 spiro atoms. The molecule has 0 fully saturated rings. The minimum absolute atomic E-state index is 0.429. The monoisotopic (exact) mass is 287 g/mol. The molecule has 0 aliphatic carbocycles. The lowest BCUT2D eigenvalue weighted by molar-refractivity contribution is 0.551. The van der Waals surface area contributed by atoms with Crippen LogP contribution in [0.5, 0.6) is 0 Å². The summed E-state index contributed by atoms with van der Waals surface area (Å²) in [6, 6.07) is 2.62. The van der Waals surface area contributed by atoms with Crippen LogP contribution in [0.25, 0.3) is 0 Å². The van der Waals surface area contributed by atoms with E-state index in [0.29, 0.717) is 6.04 Å². The van der Waals surface area contributed by atoms with Gasteiger partial charge >= 0.3 is 0 Å². The highest BCUT2D eigenvalue weighted by Crippen LogP contribution is 2.29. The first kappa shape index (κ1) is 12.9. The molecule has 84 valence electrons. The number of thiophene rings is 1. The Labute approximate surface area is 105 Å². The average molecular weight is 288 g/mol. The molecular formula is C12H18BrNS. The number of hydrogen-bond acceptors (Lipinski definition) is 2. The van der Waals surface area contributed by atoms with Crippen molar-refractivity contribution in [1.82, 2.24) is 5.32 Å². The molecule has 0 amide bonds. The molecule has 1 heterocycles. The van der Waals surface area contributed by atoms with Gasteiger partial charge in [-0.3, -0.25) is 0 Å². The largest absolute Gasteiger partial charge is 0.309 e. The van der Waals surface area contributed by atoms with Crippen LogP contribution in [0.4, 0.5) is 0 Å². The van der Waals surface area contributed by atoms with Crippen molar-refractivity contribution in [1.29, 1.82) is 0 Å². The van der Waals surface area contributed by atoms with E-state index in [1.54, 1.807) is 11.3 Å². The van der Waals surface area contributed by atoms with Gasteiger partial charge in [-0.1, -0.05) is 26.0 Å². The first-order valence-electron chi connectivity index (χ1n) is 5.31. The SMILES string of the molecule is C=C(CC)CC(NCC)c1cc(Br)cs1. The summed E-state index contributed by atoms with van der Waals surface area (Å²) in [5.74, 6) is 0. The van der Waals surface area contributed by atoms with Crippen LogP contribution in [-0.2, 0) is 0 Å². The molecule has 0 aliphatic heterocycles. The normalized spacial score (nSPS) is 12.7. The quantitative estimate of drug-likeness (QED) is 0.759. The molecule has 1 aromatic heterocycles. The van der Waals surface area contributed by atoms with E-state index in [1.807, 2.05) is 0 Å². The summed E-state index contributed by atoms with van der Waals surface area (Å²) < 4.78 is 1.17. The van der Waals surface area contributed by atoms with Crippen LogP contribution in [0, 0.1) is 0 Å². The third kappa shape index (κ3) is 4.09. The third-order valence-corrected chi connectivity index (χ3v) is 4.18. The van der Waals surface area contributed by atoms with Crippen molar-refractivity contribution in [2.75, 3.05) is 6.54 Å². The standard InChI is InChI=1S/C12H18BrNS/c1-4-9(3)6-11(14-5-2)12-7-10(13)8-15-12/h7-8,11,14H,3-6H2,1-2H3. The number of halogens is 1. The van der Waals surface area contributed by atoms with Crippen molar-refractivity contribution in [3.8, 4) is 0 Å². The lowest BCUT2D eigenvalue weighted by atomic mass is 10.0. The Morgan fingerprint density at radius 3 is 2.80 bits per heavy atom. The van der Waals surface area contributed by atoms with Crippen LogP contribution in [0.2, 0.25) is 0 Å². The molecule has 1 rings (SSSR count). The minimum atomic E-state index is 0.429. The van der Waals surface area contributed by atoms with Gasteiger partial charge in [0, 0.05) is 20.8 Å². The van der Waals surface area contributed by atoms with E-state index in [9.17, 15) is 0 Å². The number of nitrogens with one attached hydrogen (secondary N) is 1. The Hall–Kier alpha value is -0.120. The topological polar surface area (TPSA) is 12.0 Å². The van der Waals surface area contributed by atoms with Gasteiger partial charge in [0.2, 0.25) is 0 Å². The minimum Gasteiger partial charge on any atom is -0.309 e. The van der Waals surface area contributed by atoms with E-state index in [4.69, 9.17) is 0 Å². The van der Waals surface area contributed by atoms with Crippen LogP contribution in [0.3, 0.4) is 0 Å². The van der Waals surface area contributed by atoms with E-state index in [0.717, 1.165) is 19.4 Å². The Balaban J connectivity index is 2.69. The fourth-order valence-corrected chi connectivity index (χ4v) is 2.98. The summed E-state index contributed by atoms with van der Waals surface area (Å²) in [6.45, 7) is 9.38. The predicted octanol–water partition coefficient (Wildman–Crippen LogP) is 4.52. The molecule has 1 atom stereocenters. The van der Waals surface area contributed by atoms with Gasteiger partial charge in [0.05, 0.1) is 0 Å². The molecule has 1 aromatic rings. The zero-order chi connectivity index (χ0) is 11.3. The Kier molecular flexibility index (Phi) is 5.58. The molecule has 0 saturated carbocycles. The second-order valence-corrected chi connectivity index (χ2v) is 5.44. The summed E-state index contributed by atoms with van der Waals surface area (Å²) in [5.41, 5.74) is 1.31. The van der Waals surface area contributed by atoms with E-state index in [-0.39, 0.29) is 0 Å². The first-order valence-corrected chi connectivity index (χ1v) is 6.98. The maximum Gasteiger partial charge on any atom is 0.0452 e. The lowest BCUT2D eigenvalue weighted by Gasteiger charge is -2.17. The maximum atomic E-state index is 4.08. The van der Waals surface area contributed by atoms with Crippen molar-refractivity contribution in [3.63, 3.8) is 0 Å². The summed E-state index contributed by atoms with van der Waals surface area (Å²) in [5, 5.41) is 5.64. The maximum absolute atomic E-state index is 4.08. The highest BCUT2D eigenvalue weighted by Gasteiger charge is 2.12. The van der Waals surface area contributed by atoms with Crippen molar-refractivity contribution in [2.24, 2.45) is 0 Å². The molecule has 0 aromatic carbocycles. The van der Waals surface area contributed by atoms with E-state index in [2.05, 4.69) is 53.1 Å². The second kappa shape index (κ2) is 6.46. The number of rotatable bonds is 6. The van der Waals surface area contributed by atoms with Gasteiger partial charge in [-0.2, -0.15) is 0 Å². The Morgan fingerprint density at radius 2 is 2.33 bits per heavy atom. The average Bonchev–Trinajstić information content (AvgIpc) is 2.64. The third-order valence-electron chi connectivity index (χ3n) is 2.37. The predicted molar refractivity (Wildman–Crippen MR) is 72.5 cm³/mol. The van der Waals surface area contributed by atoms with E-state index in [1.165, 1.54) is 14.9 Å². The fraction of sp³-hybridized carbons (Fsp3) is 0.500. The Morgan fingerprint density at radius 1 is 1.60 bits per heavy atom. The van der Waals surface area contributed by atoms with E-state index >= 15 is 0 Å². The molecule has 15 heavy (non-hydrogen) atoms. The highest BCUT2D eigenvalue weighted by molar-refractivity contribution is 9.10. The lowest BCUT2D eigenvalue weighted by Crippen LogP contribution is -2.20. The van der Waals surface area contributed by atoms with Crippen molar-refractivity contribution >= 4 is 27.3 Å². The number of hydrogen-bond donors (Lipinski definition) is 1. The van der Waals surface area contributed by atoms with Crippen LogP contribution in [0.15, 0.2) is 28.1 Å². The summed E-state index contributed by atoms with van der Waals surface area (Å²) >= 11 is 5.29. The zero-order valence-electron chi connectivity index (χ0n) is 9.35. The van der Waals surface area contributed by atoms with Crippen molar-refractivity contribution in [2.45, 2.75) is 32.7 Å². The van der Waals surface area contributed by atoms with Crippen molar-refractivity contribution < 1.29 is 0 Å². The van der Waals surface area contributed by atoms with Crippen LogP contribution in [-0.4, -0.2) is 6.54 Å². The van der Waals surface area contributed by atoms with E-state index < -0.39 is 0 Å². The van der Waals surface area contributed by atoms with Crippen LogP contribution in [0.1, 0.15) is 37.6 Å². The molecular weight excluding hydrogens is 270 g/mol. The Bertz CT molecular complexity index is 319. The van der Waals surface area contributed by atoms with Gasteiger partial charge in [-0.05, 0) is 41.4 Å². The molecule has 1 nitrogen and oxygen atoms in total. The molecule has 0 saturated heterocycles. The first-order chi connectivity index (χ1) is 7.17. The fourth-order valence-electron chi connectivity index (χ4n) is 1.46. The molecule has 3 heteroatoms. The van der Waals surface area contributed by atoms with Gasteiger partial charge in [0.25, 0.3) is 0 Å². The molecule has 1 unspecified atom stereocenters. The van der Waals surface area contributed by atoms with Crippen LogP contribution < -0.4 is 5.32 Å². The molecule has 1 N–H and O–H groups in total. The van der Waals surface area contributed by atoms with Gasteiger partial charge in [0.15, 0.2) is 0 Å². The smallest absolute Gasteiger partial charge is 0.0452 e. The zero-order valence-corrected chi connectivity index (χ0v) is 11.7. The summed E-state index contributed by atoms with van der Waals surface area (Å²) in [6.07, 6.45) is 2.10. The highest BCUT2D eigenvalue weighted by atomic mass is 79.9. The van der Waals surface area contributed by atoms with Gasteiger partial charge in [-0.25, -0.2) is 0 Å². The second-order valence-electron chi connectivity index (χ2n) is 3.59. The summed E-state index contributed by atoms with van der Waals surface area (Å²) in [7, 11) is 0. The molecule has 0 bridgehead atoms.